The molecule has 8 rings (SSSR count). The third kappa shape index (κ3) is 9.54. The quantitative estimate of drug-likeness (QED) is 0.0852. The van der Waals surface area contributed by atoms with Crippen molar-refractivity contribution in [1.82, 2.24) is 59.5 Å². The molecule has 4 heterocycles. The molecule has 0 unspecified atom stereocenters. The topological polar surface area (TPSA) is 181 Å². The number of aryl methyl sites for hydroxylation is 2. The molecule has 2 amide bonds. The number of nitrogens with zero attached hydrogens (tertiary/aromatic N) is 12. The van der Waals surface area contributed by atoms with Gasteiger partial charge in [0.2, 0.25) is 12.8 Å². The minimum absolute atomic E-state index is 0.200. The van der Waals surface area contributed by atoms with Gasteiger partial charge in [0.05, 0.1) is 23.8 Å². The van der Waals surface area contributed by atoms with Crippen LogP contribution in [0.15, 0.2) is 132 Å². The lowest BCUT2D eigenvalue weighted by atomic mass is 10.1. The van der Waals surface area contributed by atoms with Gasteiger partial charge in [0.15, 0.2) is 10.3 Å². The summed E-state index contributed by atoms with van der Waals surface area (Å²) >= 11 is 3.30. The van der Waals surface area contributed by atoms with Crippen LogP contribution in [0.2, 0.25) is 0 Å². The highest BCUT2D eigenvalue weighted by Crippen LogP contribution is 2.35. The predicted molar refractivity (Wildman–Crippen MR) is 224 cm³/mol. The summed E-state index contributed by atoms with van der Waals surface area (Å²) in [4.78, 5) is 22.7. The van der Waals surface area contributed by atoms with E-state index >= 15 is 0 Å². The first-order chi connectivity index (χ1) is 28.3. The van der Waals surface area contributed by atoms with E-state index in [1.165, 1.54) is 0 Å². The van der Waals surface area contributed by atoms with Gasteiger partial charge in [-0.3, -0.25) is 9.59 Å². The van der Waals surface area contributed by atoms with Crippen LogP contribution in [0.5, 0.6) is 0 Å². The molecule has 4 aromatic heterocycles. The van der Waals surface area contributed by atoms with E-state index in [9.17, 15) is 9.59 Å². The maximum atomic E-state index is 10.5. The molecule has 0 aliphatic carbocycles. The van der Waals surface area contributed by atoms with Gasteiger partial charge in [-0.2, -0.15) is 9.90 Å². The minimum Gasteiger partial charge on any atom is -0.329 e. The number of carbonyl (C=O) groups is 2. The van der Waals surface area contributed by atoms with Crippen molar-refractivity contribution in [3.63, 3.8) is 0 Å². The molecule has 8 aromatic rings. The number of anilines is 2. The molecular weight excluding hydrogens is 773 g/mol. The Morgan fingerprint density at radius 2 is 1.16 bits per heavy atom. The summed E-state index contributed by atoms with van der Waals surface area (Å²) < 4.78 is 5.57. The Bertz CT molecular complexity index is 2420. The Hall–Kier alpha value is -6.92. The molecular formula is C40H38N14O2S2. The minimum atomic E-state index is 0.200. The van der Waals surface area contributed by atoms with Crippen LogP contribution < -0.4 is 10.6 Å². The van der Waals surface area contributed by atoms with E-state index in [-0.39, 0.29) is 10.5 Å². The molecule has 58 heavy (non-hydrogen) atoms. The number of carbonyl (C=O) groups excluding carboxylic acids is 2. The fraction of sp³-hybridized carbons (Fsp3) is 0.150. The number of hydrogen-bond donors (Lipinski definition) is 2. The molecule has 2 atom stereocenters. The molecule has 292 valence electrons. The van der Waals surface area contributed by atoms with Crippen molar-refractivity contribution in [3.8, 4) is 33.9 Å². The second-order valence-corrected chi connectivity index (χ2v) is 15.5. The third-order valence-corrected chi connectivity index (χ3v) is 11.3. The summed E-state index contributed by atoms with van der Waals surface area (Å²) in [6, 6.07) is 31.3. The van der Waals surface area contributed by atoms with Crippen molar-refractivity contribution in [2.75, 3.05) is 10.6 Å². The largest absolute Gasteiger partial charge is 0.329 e. The van der Waals surface area contributed by atoms with E-state index in [1.54, 1.807) is 51.9 Å². The molecule has 0 saturated heterocycles. The molecule has 0 fully saturated rings. The number of rotatable bonds is 14. The van der Waals surface area contributed by atoms with Gasteiger partial charge in [0, 0.05) is 47.1 Å². The van der Waals surface area contributed by atoms with Gasteiger partial charge in [0.1, 0.15) is 24.0 Å². The monoisotopic (exact) mass is 810 g/mol. The van der Waals surface area contributed by atoms with Crippen molar-refractivity contribution in [1.29, 1.82) is 0 Å². The first-order valence-corrected chi connectivity index (χ1v) is 19.7. The van der Waals surface area contributed by atoms with Gasteiger partial charge in [-0.05, 0) is 73.5 Å². The van der Waals surface area contributed by atoms with Crippen molar-refractivity contribution < 1.29 is 9.59 Å². The number of aromatic nitrogens is 12. The van der Waals surface area contributed by atoms with Crippen LogP contribution in [0.3, 0.4) is 0 Å². The number of hydrogen-bond acceptors (Lipinski definition) is 12. The lowest BCUT2D eigenvalue weighted by Crippen LogP contribution is -2.01. The molecule has 0 bridgehead atoms. The summed E-state index contributed by atoms with van der Waals surface area (Å²) in [6.45, 7) is 4.27. The van der Waals surface area contributed by atoms with Crippen LogP contribution in [-0.2, 0) is 23.7 Å². The number of benzene rings is 4. The molecule has 2 N–H and O–H groups in total. The first-order valence-electron chi connectivity index (χ1n) is 18.0. The summed E-state index contributed by atoms with van der Waals surface area (Å²) in [5.41, 5.74) is 8.98. The van der Waals surface area contributed by atoms with E-state index in [2.05, 4.69) is 89.7 Å². The lowest BCUT2D eigenvalue weighted by molar-refractivity contribution is -0.106. The Morgan fingerprint density at radius 3 is 1.67 bits per heavy atom. The fourth-order valence-corrected chi connectivity index (χ4v) is 7.50. The summed E-state index contributed by atoms with van der Waals surface area (Å²) in [5.74, 6) is 0. The van der Waals surface area contributed by atoms with Crippen LogP contribution in [0.4, 0.5) is 11.4 Å². The molecule has 4 aromatic carbocycles. The summed E-state index contributed by atoms with van der Waals surface area (Å²) in [7, 11) is 3.87. The van der Waals surface area contributed by atoms with Crippen LogP contribution >= 0.6 is 23.5 Å². The zero-order valence-electron chi connectivity index (χ0n) is 31.9. The van der Waals surface area contributed by atoms with Crippen molar-refractivity contribution in [3.05, 3.63) is 133 Å². The number of nitrogens with one attached hydrogen (secondary N) is 2. The van der Waals surface area contributed by atoms with Gasteiger partial charge < -0.3 is 19.8 Å². The number of thioether (sulfide) groups is 2. The van der Waals surface area contributed by atoms with E-state index < -0.39 is 0 Å². The highest BCUT2D eigenvalue weighted by molar-refractivity contribution is 7.99. The number of amides is 2. The van der Waals surface area contributed by atoms with Crippen molar-refractivity contribution in [2.24, 2.45) is 14.1 Å². The van der Waals surface area contributed by atoms with Crippen LogP contribution in [0, 0.1) is 0 Å². The maximum Gasteiger partial charge on any atom is 0.211 e. The smallest absolute Gasteiger partial charge is 0.211 e. The molecule has 0 saturated carbocycles. The van der Waals surface area contributed by atoms with Gasteiger partial charge in [-0.25, -0.2) is 4.68 Å². The third-order valence-electron chi connectivity index (χ3n) is 8.88. The Morgan fingerprint density at radius 1 is 0.638 bits per heavy atom. The molecule has 0 aliphatic rings. The van der Waals surface area contributed by atoms with Gasteiger partial charge >= 0.3 is 0 Å². The van der Waals surface area contributed by atoms with E-state index in [0.717, 1.165) is 66.7 Å². The normalized spacial score (nSPS) is 11.9. The SMILES string of the molecule is C[C@H](Sc1nncn1C)c1cccc(-n2cc(-c3ccc(NC=O)cc3)nn2)c1.C[C@H](Sc1nncn1C)c1cccc(-n2ncc(-c3ccc(NC=O)cc3)n2)c1. The van der Waals surface area contributed by atoms with Crippen molar-refractivity contribution in [2.45, 2.75) is 34.7 Å². The van der Waals surface area contributed by atoms with Crippen LogP contribution in [-0.4, -0.2) is 72.3 Å². The van der Waals surface area contributed by atoms with Crippen molar-refractivity contribution >= 4 is 47.7 Å². The van der Waals surface area contributed by atoms with E-state index in [4.69, 9.17) is 0 Å². The fourth-order valence-electron chi connectivity index (χ4n) is 5.69. The average molecular weight is 811 g/mol. The second-order valence-electron chi connectivity index (χ2n) is 12.9. The van der Waals surface area contributed by atoms with Crippen LogP contribution in [0.1, 0.15) is 35.5 Å². The van der Waals surface area contributed by atoms with Gasteiger partial charge in [0.25, 0.3) is 0 Å². The molecule has 16 nitrogen and oxygen atoms in total. The zero-order valence-corrected chi connectivity index (χ0v) is 33.5. The highest BCUT2D eigenvalue weighted by atomic mass is 32.2. The second kappa shape index (κ2) is 18.4. The Balaban J connectivity index is 0.000000177. The first kappa shape index (κ1) is 39.3. The highest BCUT2D eigenvalue weighted by Gasteiger charge is 2.15. The molecule has 0 radical (unpaired) electrons. The van der Waals surface area contributed by atoms with Gasteiger partial charge in [-0.1, -0.05) is 77.3 Å². The predicted octanol–water partition coefficient (Wildman–Crippen LogP) is 6.97. The Kier molecular flexibility index (Phi) is 12.4. The standard InChI is InChI=1S/2C20H19N7OS/c1-14(29-20-24-22-12-26(20)2)16-4-3-5-18(10-16)27-11-19(23-25-27)15-6-8-17(9-7-15)21-13-28;1-14(29-20-24-22-12-26(20)2)16-4-3-5-18(10-16)27-23-11-19(25-27)15-6-8-17(9-7-15)21-13-28/h2*3-14H,1-2H3,(H,21,28)/t2*14-/m00/s1. The van der Waals surface area contributed by atoms with E-state index in [1.807, 2.05) is 102 Å². The maximum absolute atomic E-state index is 10.5. The van der Waals surface area contributed by atoms with Crippen LogP contribution in [0.25, 0.3) is 33.9 Å². The van der Waals surface area contributed by atoms with Gasteiger partial charge in [-0.15, -0.1) is 30.6 Å². The molecule has 0 aliphatic heterocycles. The Labute approximate surface area is 342 Å². The van der Waals surface area contributed by atoms with E-state index in [0.29, 0.717) is 12.8 Å². The summed E-state index contributed by atoms with van der Waals surface area (Å²) in [5, 5.41) is 41.1. The lowest BCUT2D eigenvalue weighted by Gasteiger charge is -2.12. The zero-order chi connectivity index (χ0) is 40.4. The molecule has 18 heteroatoms. The summed E-state index contributed by atoms with van der Waals surface area (Å²) in [6.07, 6.45) is 8.32. The molecule has 0 spiro atoms. The average Bonchev–Trinajstić information content (AvgIpc) is 4.09.